The van der Waals surface area contributed by atoms with E-state index in [1.807, 2.05) is 0 Å². The zero-order chi connectivity index (χ0) is 12.0. The van der Waals surface area contributed by atoms with Crippen LogP contribution in [0, 0.1) is 5.82 Å². The molecule has 3 atom stereocenters. The number of phenolic OH excluding ortho intramolecular Hbond substituents is 1. The van der Waals surface area contributed by atoms with E-state index in [2.05, 4.69) is 0 Å². The van der Waals surface area contributed by atoms with Gasteiger partial charge in [-0.15, -0.1) is 0 Å². The third-order valence-electron chi connectivity index (χ3n) is 3.30. The van der Waals surface area contributed by atoms with E-state index in [9.17, 15) is 14.6 Å². The Morgan fingerprint density at radius 2 is 2.12 bits per heavy atom. The highest BCUT2D eigenvalue weighted by Crippen LogP contribution is 2.41. The van der Waals surface area contributed by atoms with E-state index in [4.69, 9.17) is 9.47 Å². The van der Waals surface area contributed by atoms with Crippen LogP contribution in [-0.4, -0.2) is 29.2 Å². The maximum absolute atomic E-state index is 13.2. The van der Waals surface area contributed by atoms with Crippen LogP contribution in [0.3, 0.4) is 0 Å². The van der Waals surface area contributed by atoms with E-state index in [-0.39, 0.29) is 18.3 Å². The van der Waals surface area contributed by atoms with Crippen LogP contribution in [0.4, 0.5) is 4.39 Å². The molecule has 1 aromatic rings. The predicted molar refractivity (Wildman–Crippen MR) is 55.8 cm³/mol. The van der Waals surface area contributed by atoms with Gasteiger partial charge in [-0.1, -0.05) is 0 Å². The normalized spacial score (nSPS) is 36.1. The van der Waals surface area contributed by atoms with Gasteiger partial charge < -0.3 is 19.7 Å². The van der Waals surface area contributed by atoms with Gasteiger partial charge in [0, 0.05) is 18.9 Å². The molecule has 2 bridgehead atoms. The molecule has 0 saturated carbocycles. The zero-order valence-electron chi connectivity index (χ0n) is 9.10. The van der Waals surface area contributed by atoms with Crippen LogP contribution < -0.4 is 0 Å². The molecule has 1 aromatic carbocycles. The molecule has 0 aromatic heterocycles. The van der Waals surface area contributed by atoms with Crippen molar-refractivity contribution in [1.82, 2.24) is 0 Å². The monoisotopic (exact) mass is 240 g/mol. The molecule has 2 heterocycles. The van der Waals surface area contributed by atoms with Crippen LogP contribution in [0.2, 0.25) is 0 Å². The van der Waals surface area contributed by atoms with Crippen LogP contribution in [0.1, 0.15) is 18.4 Å². The third-order valence-corrected chi connectivity index (χ3v) is 3.30. The van der Waals surface area contributed by atoms with Crippen molar-refractivity contribution in [3.8, 4) is 5.75 Å². The number of hydrogen-bond donors (Lipinski definition) is 2. The molecule has 0 spiro atoms. The Labute approximate surface area is 97.6 Å². The smallest absolute Gasteiger partial charge is 0.161 e. The van der Waals surface area contributed by atoms with Crippen LogP contribution in [0.15, 0.2) is 18.2 Å². The van der Waals surface area contributed by atoms with Crippen LogP contribution in [0.5, 0.6) is 5.75 Å². The van der Waals surface area contributed by atoms with Gasteiger partial charge in [0.1, 0.15) is 11.6 Å². The Bertz CT molecular complexity index is 416. The van der Waals surface area contributed by atoms with Crippen LogP contribution in [-0.2, 0) is 15.1 Å². The highest BCUT2D eigenvalue weighted by atomic mass is 19.1. The lowest BCUT2D eigenvalue weighted by Crippen LogP contribution is -2.39. The largest absolute Gasteiger partial charge is 0.508 e. The Kier molecular flexibility index (Phi) is 2.36. The van der Waals surface area contributed by atoms with E-state index < -0.39 is 17.7 Å². The summed E-state index contributed by atoms with van der Waals surface area (Å²) in [6.45, 7) is 0.453. The number of halogens is 1. The molecular formula is C12H13FO4. The van der Waals surface area contributed by atoms with Crippen molar-refractivity contribution in [2.75, 3.05) is 6.61 Å². The second-order valence-electron chi connectivity index (χ2n) is 4.66. The van der Waals surface area contributed by atoms with Crippen molar-refractivity contribution in [3.05, 3.63) is 29.6 Å². The molecule has 0 unspecified atom stereocenters. The molecule has 17 heavy (non-hydrogen) atoms. The summed E-state index contributed by atoms with van der Waals surface area (Å²) in [7, 11) is 0. The summed E-state index contributed by atoms with van der Waals surface area (Å²) in [5.41, 5.74) is -0.817. The first-order valence-electron chi connectivity index (χ1n) is 5.55. The summed E-state index contributed by atoms with van der Waals surface area (Å²) in [4.78, 5) is 0. The highest BCUT2D eigenvalue weighted by molar-refractivity contribution is 5.33. The standard InChI is InChI=1S/C12H13FO4/c13-8-1-7(2-9(14)3-8)12(15)4-10-6-16-11(5-12)17-10/h1-3,10-11,14-15H,4-6H2/t10-,11+,12-/m0/s1. The predicted octanol–water partition coefficient (Wildman–Crippen LogP) is 1.25. The van der Waals surface area contributed by atoms with Crippen molar-refractivity contribution < 1.29 is 24.1 Å². The summed E-state index contributed by atoms with van der Waals surface area (Å²) >= 11 is 0. The number of aromatic hydroxyl groups is 1. The van der Waals surface area contributed by atoms with Gasteiger partial charge in [-0.3, -0.25) is 0 Å². The van der Waals surface area contributed by atoms with E-state index in [1.165, 1.54) is 12.1 Å². The molecule has 92 valence electrons. The molecule has 5 heteroatoms. The fraction of sp³-hybridized carbons (Fsp3) is 0.500. The minimum absolute atomic E-state index is 0.163. The Morgan fingerprint density at radius 1 is 1.29 bits per heavy atom. The maximum atomic E-state index is 13.2. The fourth-order valence-corrected chi connectivity index (χ4v) is 2.54. The van der Waals surface area contributed by atoms with Crippen molar-refractivity contribution in [1.29, 1.82) is 0 Å². The number of rotatable bonds is 1. The van der Waals surface area contributed by atoms with Crippen molar-refractivity contribution in [2.45, 2.75) is 30.8 Å². The molecule has 0 amide bonds. The first-order chi connectivity index (χ1) is 8.05. The summed E-state index contributed by atoms with van der Waals surface area (Å²) in [6.07, 6.45) is 0.00650. The van der Waals surface area contributed by atoms with Gasteiger partial charge in [0.05, 0.1) is 18.3 Å². The lowest BCUT2D eigenvalue weighted by molar-refractivity contribution is -0.159. The van der Waals surface area contributed by atoms with Crippen molar-refractivity contribution >= 4 is 0 Å². The third kappa shape index (κ3) is 1.90. The summed E-state index contributed by atoms with van der Waals surface area (Å²) in [5.74, 6) is -0.749. The number of benzene rings is 1. The molecule has 2 fully saturated rings. The first-order valence-corrected chi connectivity index (χ1v) is 5.55. The van der Waals surface area contributed by atoms with E-state index in [0.29, 0.717) is 18.6 Å². The number of fused-ring (bicyclic) bond motifs is 2. The second kappa shape index (κ2) is 3.66. The minimum atomic E-state index is -1.19. The highest BCUT2D eigenvalue weighted by Gasteiger charge is 2.45. The van der Waals surface area contributed by atoms with Gasteiger partial charge in [-0.2, -0.15) is 0 Å². The fourth-order valence-electron chi connectivity index (χ4n) is 2.54. The number of ether oxygens (including phenoxy) is 2. The van der Waals surface area contributed by atoms with Gasteiger partial charge in [0.15, 0.2) is 6.29 Å². The average Bonchev–Trinajstić information content (AvgIpc) is 2.57. The van der Waals surface area contributed by atoms with Gasteiger partial charge in [0.2, 0.25) is 0 Å². The molecule has 0 aliphatic carbocycles. The van der Waals surface area contributed by atoms with Crippen LogP contribution in [0.25, 0.3) is 0 Å². The molecule has 0 radical (unpaired) electrons. The van der Waals surface area contributed by atoms with E-state index >= 15 is 0 Å². The molecule has 2 aliphatic heterocycles. The molecule has 4 nitrogen and oxygen atoms in total. The Hall–Kier alpha value is -1.17. The summed E-state index contributed by atoms with van der Waals surface area (Å²) in [5, 5.41) is 19.9. The molecule has 2 saturated heterocycles. The summed E-state index contributed by atoms with van der Waals surface area (Å²) in [6, 6.07) is 3.63. The number of hydrogen-bond acceptors (Lipinski definition) is 4. The SMILES string of the molecule is Oc1cc(F)cc([C@]2(O)C[C@H]3CO[C@@H](C2)O3)c1. The maximum Gasteiger partial charge on any atom is 0.161 e. The average molecular weight is 240 g/mol. The topological polar surface area (TPSA) is 58.9 Å². The van der Waals surface area contributed by atoms with Crippen molar-refractivity contribution in [3.63, 3.8) is 0 Å². The van der Waals surface area contributed by atoms with Gasteiger partial charge in [-0.25, -0.2) is 4.39 Å². The van der Waals surface area contributed by atoms with Crippen LogP contribution >= 0.6 is 0 Å². The summed E-state index contributed by atoms with van der Waals surface area (Å²) < 4.78 is 24.0. The first kappa shape index (κ1) is 11.0. The lowest BCUT2D eigenvalue weighted by atomic mass is 9.84. The Balaban J connectivity index is 1.96. The van der Waals surface area contributed by atoms with Gasteiger partial charge in [0.25, 0.3) is 0 Å². The van der Waals surface area contributed by atoms with Gasteiger partial charge >= 0.3 is 0 Å². The molecule has 2 N–H and O–H groups in total. The number of aliphatic hydroxyl groups is 1. The van der Waals surface area contributed by atoms with Gasteiger partial charge in [-0.05, 0) is 17.7 Å². The lowest BCUT2D eigenvalue weighted by Gasteiger charge is -2.35. The minimum Gasteiger partial charge on any atom is -0.508 e. The zero-order valence-corrected chi connectivity index (χ0v) is 9.10. The van der Waals surface area contributed by atoms with Crippen molar-refractivity contribution in [2.24, 2.45) is 0 Å². The van der Waals surface area contributed by atoms with E-state index in [1.54, 1.807) is 0 Å². The van der Waals surface area contributed by atoms with E-state index in [0.717, 1.165) is 6.07 Å². The second-order valence-corrected chi connectivity index (χ2v) is 4.66. The molecule has 2 aliphatic rings. The Morgan fingerprint density at radius 3 is 2.82 bits per heavy atom. The molecule has 3 rings (SSSR count). The number of phenols is 1. The quantitative estimate of drug-likeness (QED) is 0.775. The molecular weight excluding hydrogens is 227 g/mol.